The molecule has 0 unspecified atom stereocenters. The fourth-order valence-corrected chi connectivity index (χ4v) is 3.50. The number of rotatable bonds is 3. The van der Waals surface area contributed by atoms with Crippen molar-refractivity contribution >= 4 is 17.4 Å². The fraction of sp³-hybridized carbons (Fsp3) is 0.533. The lowest BCUT2D eigenvalue weighted by molar-refractivity contribution is -0.00383. The van der Waals surface area contributed by atoms with Gasteiger partial charge in [0.1, 0.15) is 10.7 Å². The van der Waals surface area contributed by atoms with Crippen molar-refractivity contribution in [3.63, 3.8) is 0 Å². The highest BCUT2D eigenvalue weighted by molar-refractivity contribution is 7.08. The highest BCUT2D eigenvalue weighted by Crippen LogP contribution is 2.28. The first kappa shape index (κ1) is 16.7. The number of nitrogens with zero attached hydrogens (tertiary/aromatic N) is 4. The number of H-pyrrole nitrogens is 1. The number of hydrogen-bond acceptors (Lipinski definition) is 7. The highest BCUT2D eigenvalue weighted by atomic mass is 32.1. The van der Waals surface area contributed by atoms with Gasteiger partial charge in [0.05, 0.1) is 30.6 Å². The van der Waals surface area contributed by atoms with Crippen LogP contribution in [0.2, 0.25) is 0 Å². The molecule has 3 heterocycles. The van der Waals surface area contributed by atoms with Crippen molar-refractivity contribution in [1.82, 2.24) is 24.5 Å². The molecule has 2 aromatic heterocycles. The van der Waals surface area contributed by atoms with Crippen LogP contribution >= 0.6 is 11.5 Å². The summed E-state index contributed by atoms with van der Waals surface area (Å²) in [4.78, 5) is 34.0. The molecule has 0 spiro atoms. The predicted molar refractivity (Wildman–Crippen MR) is 88.2 cm³/mol. The summed E-state index contributed by atoms with van der Waals surface area (Å²) in [6.45, 7) is 6.87. The van der Waals surface area contributed by atoms with E-state index in [1.165, 1.54) is 6.07 Å². The lowest BCUT2D eigenvalue weighted by Gasteiger charge is -2.35. The van der Waals surface area contributed by atoms with Gasteiger partial charge in [-0.25, -0.2) is 4.98 Å². The van der Waals surface area contributed by atoms with Crippen LogP contribution in [0, 0.1) is 6.92 Å². The lowest BCUT2D eigenvalue weighted by atomic mass is 10.1. The SMILES string of the molecule is Cc1nc([C@@H]2COCCN2C(=O)c2snnc2C(C)C)cc(=O)[nH]1. The summed E-state index contributed by atoms with van der Waals surface area (Å²) in [5.74, 6) is 0.488. The molecule has 0 bridgehead atoms. The van der Waals surface area contributed by atoms with Gasteiger partial charge in [0.15, 0.2) is 0 Å². The number of carbonyl (C=O) groups excluding carboxylic acids is 1. The van der Waals surface area contributed by atoms with Crippen molar-refractivity contribution in [2.45, 2.75) is 32.7 Å². The van der Waals surface area contributed by atoms with Gasteiger partial charge in [-0.15, -0.1) is 5.10 Å². The van der Waals surface area contributed by atoms with Gasteiger partial charge >= 0.3 is 0 Å². The molecule has 0 radical (unpaired) electrons. The molecule has 0 aromatic carbocycles. The van der Waals surface area contributed by atoms with Crippen molar-refractivity contribution in [2.24, 2.45) is 0 Å². The molecule has 0 saturated carbocycles. The number of aryl methyl sites for hydroxylation is 1. The standard InChI is InChI=1S/C15H19N5O3S/c1-8(2)13-14(24-19-18-13)15(22)20-4-5-23-7-11(20)10-6-12(21)17-9(3)16-10/h6,8,11H,4-5,7H2,1-3H3,(H,16,17,21)/t11-/m0/s1. The lowest BCUT2D eigenvalue weighted by Crippen LogP contribution is -2.44. The van der Waals surface area contributed by atoms with E-state index in [1.54, 1.807) is 11.8 Å². The van der Waals surface area contributed by atoms with Crippen LogP contribution in [-0.4, -0.2) is 50.1 Å². The number of ether oxygens (including phenoxy) is 1. The molecule has 2 aromatic rings. The Labute approximate surface area is 143 Å². The Morgan fingerprint density at radius 2 is 2.29 bits per heavy atom. The van der Waals surface area contributed by atoms with Crippen LogP contribution in [0.25, 0.3) is 0 Å². The third kappa shape index (κ3) is 3.22. The van der Waals surface area contributed by atoms with Gasteiger partial charge < -0.3 is 14.6 Å². The average molecular weight is 349 g/mol. The van der Waals surface area contributed by atoms with Gasteiger partial charge in [0.25, 0.3) is 11.5 Å². The van der Waals surface area contributed by atoms with Gasteiger partial charge in [0, 0.05) is 12.6 Å². The third-order valence-corrected chi connectivity index (χ3v) is 4.59. The normalized spacial score (nSPS) is 18.2. The molecule has 1 atom stereocenters. The van der Waals surface area contributed by atoms with E-state index < -0.39 is 6.04 Å². The van der Waals surface area contributed by atoms with E-state index in [-0.39, 0.29) is 17.4 Å². The molecule has 1 aliphatic heterocycles. The summed E-state index contributed by atoms with van der Waals surface area (Å²) >= 11 is 1.10. The number of hydrogen-bond donors (Lipinski definition) is 1. The van der Waals surface area contributed by atoms with Crippen LogP contribution in [0.5, 0.6) is 0 Å². The summed E-state index contributed by atoms with van der Waals surface area (Å²) in [6, 6.07) is 1.02. The van der Waals surface area contributed by atoms with E-state index in [0.29, 0.717) is 41.8 Å². The first-order chi connectivity index (χ1) is 11.5. The van der Waals surface area contributed by atoms with Gasteiger partial charge in [-0.2, -0.15) is 0 Å². The average Bonchev–Trinajstić information content (AvgIpc) is 3.03. The summed E-state index contributed by atoms with van der Waals surface area (Å²) < 4.78 is 9.45. The first-order valence-electron chi connectivity index (χ1n) is 7.76. The molecular weight excluding hydrogens is 330 g/mol. The Hall–Kier alpha value is -2.13. The number of morpholine rings is 1. The topological polar surface area (TPSA) is 101 Å². The zero-order valence-electron chi connectivity index (χ0n) is 13.8. The molecule has 128 valence electrons. The largest absolute Gasteiger partial charge is 0.377 e. The minimum atomic E-state index is -0.394. The summed E-state index contributed by atoms with van der Waals surface area (Å²) in [7, 11) is 0. The van der Waals surface area contributed by atoms with Crippen molar-refractivity contribution in [2.75, 3.05) is 19.8 Å². The Balaban J connectivity index is 1.96. The van der Waals surface area contributed by atoms with Crippen LogP contribution in [0.4, 0.5) is 0 Å². The van der Waals surface area contributed by atoms with Gasteiger partial charge in [0.2, 0.25) is 0 Å². The Morgan fingerprint density at radius 3 is 3.00 bits per heavy atom. The molecule has 1 aliphatic rings. The maximum absolute atomic E-state index is 13.0. The Kier molecular flexibility index (Phi) is 4.72. The van der Waals surface area contributed by atoms with E-state index in [2.05, 4.69) is 19.6 Å². The van der Waals surface area contributed by atoms with Crippen molar-refractivity contribution < 1.29 is 9.53 Å². The van der Waals surface area contributed by atoms with E-state index in [0.717, 1.165) is 11.5 Å². The molecule has 1 N–H and O–H groups in total. The van der Waals surface area contributed by atoms with E-state index in [9.17, 15) is 9.59 Å². The summed E-state index contributed by atoms with van der Waals surface area (Å²) in [5.41, 5.74) is 0.996. The molecule has 1 amide bonds. The molecule has 0 aliphatic carbocycles. The van der Waals surface area contributed by atoms with Crippen LogP contribution < -0.4 is 5.56 Å². The maximum Gasteiger partial charge on any atom is 0.268 e. The Morgan fingerprint density at radius 1 is 1.50 bits per heavy atom. The zero-order valence-corrected chi connectivity index (χ0v) is 14.6. The zero-order chi connectivity index (χ0) is 17.3. The van der Waals surface area contributed by atoms with E-state index in [1.807, 2.05) is 13.8 Å². The second-order valence-electron chi connectivity index (χ2n) is 5.99. The van der Waals surface area contributed by atoms with Crippen molar-refractivity contribution in [3.8, 4) is 0 Å². The second-order valence-corrected chi connectivity index (χ2v) is 6.74. The summed E-state index contributed by atoms with van der Waals surface area (Å²) in [6.07, 6.45) is 0. The molecular formula is C15H19N5O3S. The fourth-order valence-electron chi connectivity index (χ4n) is 2.72. The Bertz CT molecular complexity index is 800. The van der Waals surface area contributed by atoms with Crippen LogP contribution in [-0.2, 0) is 4.74 Å². The van der Waals surface area contributed by atoms with Gasteiger partial charge in [-0.05, 0) is 24.4 Å². The first-order valence-corrected chi connectivity index (χ1v) is 8.53. The van der Waals surface area contributed by atoms with Crippen LogP contribution in [0.1, 0.15) is 52.7 Å². The molecule has 24 heavy (non-hydrogen) atoms. The molecule has 1 fully saturated rings. The predicted octanol–water partition coefficient (Wildman–Crippen LogP) is 1.27. The molecule has 1 saturated heterocycles. The van der Waals surface area contributed by atoms with Crippen molar-refractivity contribution in [1.29, 1.82) is 0 Å². The van der Waals surface area contributed by atoms with E-state index in [4.69, 9.17) is 4.74 Å². The maximum atomic E-state index is 13.0. The second kappa shape index (κ2) is 6.78. The number of aromatic nitrogens is 4. The molecule has 3 rings (SSSR count). The van der Waals surface area contributed by atoms with Crippen LogP contribution in [0.15, 0.2) is 10.9 Å². The highest BCUT2D eigenvalue weighted by Gasteiger charge is 2.33. The minimum absolute atomic E-state index is 0.113. The number of nitrogens with one attached hydrogen (secondary N) is 1. The summed E-state index contributed by atoms with van der Waals surface area (Å²) in [5, 5.41) is 4.08. The number of aromatic amines is 1. The molecule has 8 nitrogen and oxygen atoms in total. The number of carbonyl (C=O) groups is 1. The molecule has 9 heteroatoms. The minimum Gasteiger partial charge on any atom is -0.377 e. The van der Waals surface area contributed by atoms with Crippen molar-refractivity contribution in [3.05, 3.63) is 38.5 Å². The third-order valence-electron chi connectivity index (χ3n) is 3.87. The van der Waals surface area contributed by atoms with Gasteiger partial charge in [-0.1, -0.05) is 18.3 Å². The van der Waals surface area contributed by atoms with E-state index >= 15 is 0 Å². The smallest absolute Gasteiger partial charge is 0.268 e. The van der Waals surface area contributed by atoms with Crippen LogP contribution in [0.3, 0.4) is 0 Å². The quantitative estimate of drug-likeness (QED) is 0.895. The van der Waals surface area contributed by atoms with Gasteiger partial charge in [-0.3, -0.25) is 9.59 Å². The number of amides is 1. The monoisotopic (exact) mass is 349 g/mol.